The first-order chi connectivity index (χ1) is 12.1. The number of aliphatic hydroxyl groups is 1. The number of nitrogens with one attached hydrogen (secondary N) is 1. The molecule has 142 valence electrons. The molecule has 0 aromatic carbocycles. The van der Waals surface area contributed by atoms with Crippen LogP contribution in [0.25, 0.3) is 0 Å². The van der Waals surface area contributed by atoms with Gasteiger partial charge in [-0.3, -0.25) is 14.6 Å². The Morgan fingerprint density at radius 2 is 1.65 bits per heavy atom. The van der Waals surface area contributed by atoms with Crippen LogP contribution >= 0.6 is 0 Å². The number of carbonyl (C=O) groups excluding carboxylic acids is 2. The number of hydrogen-bond donors (Lipinski definition) is 2. The number of esters is 1. The van der Waals surface area contributed by atoms with E-state index in [0.29, 0.717) is 6.61 Å². The largest absolute Gasteiger partial charge is 2.00 e. The molecule has 0 saturated heterocycles. The van der Waals surface area contributed by atoms with E-state index in [4.69, 9.17) is 9.84 Å². The molecule has 0 bridgehead atoms. The summed E-state index contributed by atoms with van der Waals surface area (Å²) in [5, 5.41) is 10.3. The van der Waals surface area contributed by atoms with E-state index in [0.717, 1.165) is 5.92 Å². The van der Waals surface area contributed by atoms with Gasteiger partial charge in [-0.2, -0.15) is 0 Å². The molecular formula is C19H26FeN2O4+2. The summed E-state index contributed by atoms with van der Waals surface area (Å²) in [6, 6.07) is -0.362. The van der Waals surface area contributed by atoms with Gasteiger partial charge in [0.05, 0.1) is 26.2 Å². The van der Waals surface area contributed by atoms with Crippen LogP contribution in [-0.2, 0) is 31.4 Å². The summed E-state index contributed by atoms with van der Waals surface area (Å²) in [5.74, 6) is 0.334. The van der Waals surface area contributed by atoms with Crippen LogP contribution in [-0.4, -0.2) is 47.8 Å². The third-order valence-corrected chi connectivity index (χ3v) is 3.34. The van der Waals surface area contributed by atoms with Crippen LogP contribution in [0.2, 0.25) is 0 Å². The normalized spacial score (nSPS) is 17.7. The number of rotatable bonds is 8. The first-order valence-corrected chi connectivity index (χ1v) is 8.27. The van der Waals surface area contributed by atoms with Crippen molar-refractivity contribution in [3.63, 3.8) is 0 Å². The van der Waals surface area contributed by atoms with Crippen molar-refractivity contribution in [1.29, 1.82) is 0 Å². The fourth-order valence-electron chi connectivity index (χ4n) is 2.17. The fourth-order valence-corrected chi connectivity index (χ4v) is 2.17. The number of hydrogen-bond acceptors (Lipinski definition) is 5. The van der Waals surface area contributed by atoms with Gasteiger partial charge in [-0.15, -0.1) is 0 Å². The fraction of sp³-hybridized carbons (Fsp3) is 0.368. The zero-order valence-corrected chi connectivity index (χ0v) is 16.2. The average Bonchev–Trinajstić information content (AvgIpc) is 3.29. The average molecular weight is 402 g/mol. The summed E-state index contributed by atoms with van der Waals surface area (Å²) in [7, 11) is 0. The molecule has 2 aliphatic rings. The van der Waals surface area contributed by atoms with Crippen molar-refractivity contribution in [2.45, 2.75) is 26.3 Å². The van der Waals surface area contributed by atoms with E-state index >= 15 is 0 Å². The predicted molar refractivity (Wildman–Crippen MR) is 94.6 cm³/mol. The second kappa shape index (κ2) is 15.4. The molecule has 2 fully saturated rings. The van der Waals surface area contributed by atoms with E-state index in [9.17, 15) is 9.59 Å². The maximum Gasteiger partial charge on any atom is 2.00 e. The minimum absolute atomic E-state index is 0. The van der Waals surface area contributed by atoms with Crippen molar-refractivity contribution < 1.29 is 36.5 Å². The molecule has 2 rings (SSSR count). The molecule has 0 spiro atoms. The van der Waals surface area contributed by atoms with Gasteiger partial charge in [0.2, 0.25) is 5.91 Å². The molecule has 1 unspecified atom stereocenters. The van der Waals surface area contributed by atoms with Gasteiger partial charge in [0.25, 0.3) is 0 Å². The van der Waals surface area contributed by atoms with Gasteiger partial charge in [-0.1, -0.05) is 0 Å². The molecule has 2 saturated carbocycles. The van der Waals surface area contributed by atoms with Gasteiger partial charge in [0.1, 0.15) is 0 Å². The molecule has 0 aliphatic heterocycles. The van der Waals surface area contributed by atoms with Crippen LogP contribution in [0.4, 0.5) is 0 Å². The molecule has 26 heavy (non-hydrogen) atoms. The number of amides is 1. The van der Waals surface area contributed by atoms with Gasteiger partial charge in [-0.25, -0.2) is 5.43 Å². The first-order valence-electron chi connectivity index (χ1n) is 8.27. The molecule has 6 nitrogen and oxygen atoms in total. The Bertz CT molecular complexity index is 378. The third kappa shape index (κ3) is 10.5. The molecule has 0 aromatic heterocycles. The monoisotopic (exact) mass is 402 g/mol. The maximum atomic E-state index is 11.6. The minimum Gasteiger partial charge on any atom is -0.466 e. The van der Waals surface area contributed by atoms with Crippen LogP contribution in [0, 0.1) is 63.7 Å². The van der Waals surface area contributed by atoms with Crippen molar-refractivity contribution in [2.24, 2.45) is 0 Å². The Balaban J connectivity index is 0.000000893. The predicted octanol–water partition coefficient (Wildman–Crippen LogP) is 1.08. The van der Waals surface area contributed by atoms with Crippen LogP contribution < -0.4 is 5.43 Å². The number of hydrazine groups is 1. The molecular weight excluding hydrogens is 376 g/mol. The van der Waals surface area contributed by atoms with Crippen LogP contribution in [0.5, 0.6) is 0 Å². The van der Waals surface area contributed by atoms with Gasteiger partial charge in [0, 0.05) is 18.9 Å². The quantitative estimate of drug-likeness (QED) is 0.361. The summed E-state index contributed by atoms with van der Waals surface area (Å²) in [5.41, 5.74) is 2.97. The van der Waals surface area contributed by atoms with Crippen LogP contribution in [0.3, 0.4) is 0 Å². The maximum absolute atomic E-state index is 11.6. The standard InChI is InChI=1S/C14H21N2O4.C5H5.Fe/c1-3-20-14(19)10-13(12-6-4-5-7-12)15-16(8-9-17)11(2)18;1-2-4-5-3-1;/h4-7,13,15,17H,3,8-10H2,1-2H3;1-5H;/q;;+2. The topological polar surface area (TPSA) is 78.9 Å². The van der Waals surface area contributed by atoms with Crippen LogP contribution in [0.1, 0.15) is 20.3 Å². The molecule has 2 aliphatic carbocycles. The van der Waals surface area contributed by atoms with Crippen LogP contribution in [0.15, 0.2) is 0 Å². The molecule has 7 heteroatoms. The zero-order chi connectivity index (χ0) is 18.5. The van der Waals surface area contributed by atoms with E-state index in [1.54, 1.807) is 6.92 Å². The second-order valence-electron chi connectivity index (χ2n) is 5.27. The molecule has 0 heterocycles. The Morgan fingerprint density at radius 1 is 1.12 bits per heavy atom. The number of carbonyl (C=O) groups is 2. The summed E-state index contributed by atoms with van der Waals surface area (Å²) in [6.45, 7) is 3.47. The summed E-state index contributed by atoms with van der Waals surface area (Å²) in [4.78, 5) is 23.1. The van der Waals surface area contributed by atoms with E-state index < -0.39 is 0 Å². The van der Waals surface area contributed by atoms with E-state index in [2.05, 4.69) is 5.43 Å². The second-order valence-corrected chi connectivity index (χ2v) is 5.27. The van der Waals surface area contributed by atoms with Crippen molar-refractivity contribution in [2.75, 3.05) is 19.8 Å². The number of aliphatic hydroxyl groups excluding tert-OH is 1. The van der Waals surface area contributed by atoms with Crippen molar-refractivity contribution in [3.8, 4) is 0 Å². The SMILES string of the molecule is CCOC(=O)CC(NN(CCO)C(C)=O)[C]1[CH][CH][CH][CH]1.[CH]1[CH][CH][CH][CH]1.[Fe+2]. The van der Waals surface area contributed by atoms with Gasteiger partial charge >= 0.3 is 23.0 Å². The van der Waals surface area contributed by atoms with E-state index in [1.807, 2.05) is 57.8 Å². The van der Waals surface area contributed by atoms with Gasteiger partial charge < -0.3 is 9.84 Å². The molecule has 10 radical (unpaired) electrons. The molecule has 0 aromatic rings. The Hall–Kier alpha value is -0.621. The number of ether oxygens (including phenoxy) is 1. The summed E-state index contributed by atoms with van der Waals surface area (Å²) >= 11 is 0. The Morgan fingerprint density at radius 3 is 2.08 bits per heavy atom. The Kier molecular flexibility index (Phi) is 15.1. The van der Waals surface area contributed by atoms with Crippen molar-refractivity contribution >= 4 is 11.9 Å². The first kappa shape index (κ1) is 25.4. The minimum atomic E-state index is -0.362. The number of nitrogens with zero attached hydrogens (tertiary/aromatic N) is 1. The summed E-state index contributed by atoms with van der Waals surface area (Å²) < 4.78 is 4.94. The van der Waals surface area contributed by atoms with Gasteiger partial charge in [-0.05, 0) is 64.7 Å². The van der Waals surface area contributed by atoms with Crippen molar-refractivity contribution in [3.05, 3.63) is 63.7 Å². The summed E-state index contributed by atoms with van der Waals surface area (Å²) in [6.07, 6.45) is 17.6. The third-order valence-electron chi connectivity index (χ3n) is 3.34. The smallest absolute Gasteiger partial charge is 0.466 e. The molecule has 1 atom stereocenters. The molecule has 1 amide bonds. The molecule has 2 N–H and O–H groups in total. The van der Waals surface area contributed by atoms with Gasteiger partial charge in [0.15, 0.2) is 0 Å². The zero-order valence-electron chi connectivity index (χ0n) is 15.1. The van der Waals surface area contributed by atoms with E-state index in [1.165, 1.54) is 11.9 Å². The van der Waals surface area contributed by atoms with Crippen molar-refractivity contribution in [1.82, 2.24) is 10.4 Å². The van der Waals surface area contributed by atoms with E-state index in [-0.39, 0.29) is 54.6 Å². The Labute approximate surface area is 168 Å².